The van der Waals surface area contributed by atoms with Crippen LogP contribution in [0.4, 0.5) is 10.1 Å². The van der Waals surface area contributed by atoms with Gasteiger partial charge in [0.25, 0.3) is 11.6 Å². The first kappa shape index (κ1) is 14.6. The van der Waals surface area contributed by atoms with Gasteiger partial charge in [0.2, 0.25) is 0 Å². The molecule has 0 atom stereocenters. The molecule has 0 radical (unpaired) electrons. The molecule has 108 valence electrons. The lowest BCUT2D eigenvalue weighted by atomic mass is 10.1. The van der Waals surface area contributed by atoms with Crippen LogP contribution < -0.4 is 0 Å². The van der Waals surface area contributed by atoms with Crippen LogP contribution in [0, 0.1) is 15.9 Å². The number of halogens is 1. The number of rotatable bonds is 4. The first-order chi connectivity index (χ1) is 9.97. The number of non-ortho nitro benzene ring substituents is 1. The number of amides is 1. The first-order valence-electron chi connectivity index (χ1n) is 6.22. The molecule has 2 aromatic rings. The van der Waals surface area contributed by atoms with Gasteiger partial charge in [-0.15, -0.1) is 0 Å². The molecule has 0 unspecified atom stereocenters. The van der Waals surface area contributed by atoms with E-state index in [2.05, 4.69) is 0 Å². The van der Waals surface area contributed by atoms with Crippen molar-refractivity contribution in [3.8, 4) is 0 Å². The number of carbonyl (C=O) groups excluding carboxylic acids is 1. The highest BCUT2D eigenvalue weighted by molar-refractivity contribution is 5.94. The minimum atomic E-state index is -0.517. The van der Waals surface area contributed by atoms with Crippen LogP contribution in [0.15, 0.2) is 48.5 Å². The van der Waals surface area contributed by atoms with Crippen molar-refractivity contribution in [3.05, 3.63) is 75.6 Å². The molecular formula is C15H13FN2O3. The van der Waals surface area contributed by atoms with Gasteiger partial charge in [0.1, 0.15) is 5.82 Å². The zero-order chi connectivity index (χ0) is 15.4. The van der Waals surface area contributed by atoms with E-state index in [9.17, 15) is 19.3 Å². The van der Waals surface area contributed by atoms with E-state index in [1.54, 1.807) is 19.2 Å². The molecular weight excluding hydrogens is 275 g/mol. The highest BCUT2D eigenvalue weighted by Gasteiger charge is 2.13. The molecule has 0 aliphatic carbocycles. The van der Waals surface area contributed by atoms with Crippen molar-refractivity contribution in [2.45, 2.75) is 6.54 Å². The Morgan fingerprint density at radius 3 is 2.24 bits per heavy atom. The smallest absolute Gasteiger partial charge is 0.269 e. The van der Waals surface area contributed by atoms with Gasteiger partial charge in [-0.1, -0.05) is 12.1 Å². The Hall–Kier alpha value is -2.76. The van der Waals surface area contributed by atoms with E-state index in [0.717, 1.165) is 5.56 Å². The van der Waals surface area contributed by atoms with Gasteiger partial charge in [-0.2, -0.15) is 0 Å². The Morgan fingerprint density at radius 1 is 1.14 bits per heavy atom. The van der Waals surface area contributed by atoms with Crippen LogP contribution in [-0.2, 0) is 6.54 Å². The van der Waals surface area contributed by atoms with Gasteiger partial charge in [-0.25, -0.2) is 4.39 Å². The second-order valence-corrected chi connectivity index (χ2v) is 4.59. The van der Waals surface area contributed by atoms with E-state index in [1.807, 2.05) is 0 Å². The van der Waals surface area contributed by atoms with E-state index >= 15 is 0 Å². The fourth-order valence-electron chi connectivity index (χ4n) is 1.88. The Bertz CT molecular complexity index is 654. The first-order valence-corrected chi connectivity index (χ1v) is 6.22. The summed E-state index contributed by atoms with van der Waals surface area (Å²) in [5.74, 6) is -0.586. The van der Waals surface area contributed by atoms with Crippen molar-refractivity contribution in [2.24, 2.45) is 0 Å². The Kier molecular flexibility index (Phi) is 4.27. The number of nitrogens with zero attached hydrogens (tertiary/aromatic N) is 2. The number of hydrogen-bond acceptors (Lipinski definition) is 3. The van der Waals surface area contributed by atoms with Crippen LogP contribution in [-0.4, -0.2) is 22.8 Å². The predicted molar refractivity (Wildman–Crippen MR) is 75.3 cm³/mol. The summed E-state index contributed by atoms with van der Waals surface area (Å²) in [5.41, 5.74) is 1.10. The fraction of sp³-hybridized carbons (Fsp3) is 0.133. The Morgan fingerprint density at radius 2 is 1.71 bits per heavy atom. The highest BCUT2D eigenvalue weighted by Crippen LogP contribution is 2.14. The molecule has 0 aromatic heterocycles. The van der Waals surface area contributed by atoms with Crippen LogP contribution in [0.3, 0.4) is 0 Å². The van der Waals surface area contributed by atoms with E-state index < -0.39 is 4.92 Å². The van der Waals surface area contributed by atoms with Gasteiger partial charge in [0.05, 0.1) is 4.92 Å². The summed E-state index contributed by atoms with van der Waals surface area (Å²) in [6.07, 6.45) is 0. The van der Waals surface area contributed by atoms with Crippen molar-refractivity contribution in [3.63, 3.8) is 0 Å². The summed E-state index contributed by atoms with van der Waals surface area (Å²) in [6.45, 7) is 0.329. The third-order valence-corrected chi connectivity index (χ3v) is 3.00. The molecule has 0 saturated heterocycles. The van der Waals surface area contributed by atoms with Crippen molar-refractivity contribution in [2.75, 3.05) is 7.05 Å². The monoisotopic (exact) mass is 288 g/mol. The number of benzene rings is 2. The van der Waals surface area contributed by atoms with Crippen LogP contribution in [0.5, 0.6) is 0 Å². The maximum atomic E-state index is 12.8. The van der Waals surface area contributed by atoms with Gasteiger partial charge in [0.15, 0.2) is 0 Å². The van der Waals surface area contributed by atoms with Crippen LogP contribution in [0.1, 0.15) is 15.9 Å². The Balaban J connectivity index is 2.08. The van der Waals surface area contributed by atoms with Crippen molar-refractivity contribution < 1.29 is 14.1 Å². The topological polar surface area (TPSA) is 63.5 Å². The number of nitro benzene ring substituents is 1. The molecule has 0 N–H and O–H groups in total. The molecule has 0 bridgehead atoms. The number of carbonyl (C=O) groups is 1. The summed E-state index contributed by atoms with van der Waals surface area (Å²) < 4.78 is 12.8. The summed E-state index contributed by atoms with van der Waals surface area (Å²) >= 11 is 0. The van der Waals surface area contributed by atoms with Crippen molar-refractivity contribution >= 4 is 11.6 Å². The number of hydrogen-bond donors (Lipinski definition) is 0. The summed E-state index contributed by atoms with van der Waals surface area (Å²) in [7, 11) is 1.62. The second kappa shape index (κ2) is 6.13. The lowest BCUT2D eigenvalue weighted by molar-refractivity contribution is -0.384. The Labute approximate surface area is 120 Å². The maximum absolute atomic E-state index is 12.8. The molecule has 0 fully saturated rings. The van der Waals surface area contributed by atoms with Gasteiger partial charge in [0, 0.05) is 31.3 Å². The molecule has 2 rings (SSSR count). The van der Waals surface area contributed by atoms with Gasteiger partial charge in [-0.05, 0) is 29.8 Å². The van der Waals surface area contributed by atoms with Gasteiger partial charge < -0.3 is 4.90 Å². The van der Waals surface area contributed by atoms with Crippen LogP contribution >= 0.6 is 0 Å². The minimum Gasteiger partial charge on any atom is -0.337 e. The third-order valence-electron chi connectivity index (χ3n) is 3.00. The molecule has 0 spiro atoms. The molecule has 2 aromatic carbocycles. The molecule has 0 saturated carbocycles. The summed E-state index contributed by atoms with van der Waals surface area (Å²) in [6, 6.07) is 11.3. The largest absolute Gasteiger partial charge is 0.337 e. The minimum absolute atomic E-state index is 0.0623. The number of nitro groups is 1. The van der Waals surface area contributed by atoms with E-state index in [4.69, 9.17) is 0 Å². The van der Waals surface area contributed by atoms with Crippen LogP contribution in [0.2, 0.25) is 0 Å². The lowest BCUT2D eigenvalue weighted by Gasteiger charge is -2.17. The predicted octanol–water partition coefficient (Wildman–Crippen LogP) is 3.01. The van der Waals surface area contributed by atoms with E-state index in [0.29, 0.717) is 12.1 Å². The summed E-state index contributed by atoms with van der Waals surface area (Å²) in [4.78, 5) is 23.7. The molecule has 0 heterocycles. The average Bonchev–Trinajstić information content (AvgIpc) is 2.49. The second-order valence-electron chi connectivity index (χ2n) is 4.59. The molecule has 6 heteroatoms. The normalized spacial score (nSPS) is 10.2. The van der Waals surface area contributed by atoms with Gasteiger partial charge in [-0.3, -0.25) is 14.9 Å². The molecule has 0 aliphatic rings. The summed E-state index contributed by atoms with van der Waals surface area (Å²) in [5, 5.41) is 10.6. The lowest BCUT2D eigenvalue weighted by Crippen LogP contribution is -2.26. The van der Waals surface area contributed by atoms with Crippen LogP contribution in [0.25, 0.3) is 0 Å². The highest BCUT2D eigenvalue weighted by atomic mass is 19.1. The van der Waals surface area contributed by atoms with Gasteiger partial charge >= 0.3 is 0 Å². The molecule has 1 amide bonds. The zero-order valence-electron chi connectivity index (χ0n) is 11.3. The van der Waals surface area contributed by atoms with Crippen molar-refractivity contribution in [1.29, 1.82) is 0 Å². The molecule has 5 nitrogen and oxygen atoms in total. The quantitative estimate of drug-likeness (QED) is 0.641. The SMILES string of the molecule is CN(Cc1ccc(F)cc1)C(=O)c1ccc([N+](=O)[O-])cc1. The standard InChI is InChI=1S/C15H13FN2O3/c1-17(10-11-2-6-13(16)7-3-11)15(19)12-4-8-14(9-5-12)18(20)21/h2-9H,10H2,1H3. The average molecular weight is 288 g/mol. The third kappa shape index (κ3) is 3.62. The fourth-order valence-corrected chi connectivity index (χ4v) is 1.88. The maximum Gasteiger partial charge on any atom is 0.269 e. The van der Waals surface area contributed by atoms with Crippen molar-refractivity contribution in [1.82, 2.24) is 4.90 Å². The molecule has 0 aliphatic heterocycles. The zero-order valence-corrected chi connectivity index (χ0v) is 11.3. The van der Waals surface area contributed by atoms with E-state index in [-0.39, 0.29) is 17.4 Å². The van der Waals surface area contributed by atoms with E-state index in [1.165, 1.54) is 41.3 Å². The molecule has 21 heavy (non-hydrogen) atoms.